The number of para-hydroxylation sites is 1. The minimum atomic E-state index is -1.48. The molecule has 2 aromatic heterocycles. The van der Waals surface area contributed by atoms with E-state index in [4.69, 9.17) is 0 Å². The van der Waals surface area contributed by atoms with Crippen LogP contribution in [-0.4, -0.2) is 21.7 Å². The molecule has 0 aliphatic rings. The molecule has 0 fully saturated rings. The van der Waals surface area contributed by atoms with E-state index in [1.54, 1.807) is 6.07 Å². The maximum Gasteiger partial charge on any atom is 0.488 e. The first kappa shape index (κ1) is 16.8. The first-order valence-corrected chi connectivity index (χ1v) is 10.3. The summed E-state index contributed by atoms with van der Waals surface area (Å²) in [7, 11) is -1.48. The number of nitrogens with zero attached hydrogens (tertiary/aromatic N) is 1. The van der Waals surface area contributed by atoms with Gasteiger partial charge in [-0.1, -0.05) is 60.7 Å². The van der Waals surface area contributed by atoms with Gasteiger partial charge in [-0.15, -0.1) is 11.3 Å². The van der Waals surface area contributed by atoms with Crippen molar-refractivity contribution in [3.63, 3.8) is 0 Å². The molecule has 0 amide bonds. The van der Waals surface area contributed by atoms with Crippen LogP contribution >= 0.6 is 11.3 Å². The molecule has 29 heavy (non-hydrogen) atoms. The Hall–Kier alpha value is -3.12. The van der Waals surface area contributed by atoms with Gasteiger partial charge in [-0.05, 0) is 29.7 Å². The van der Waals surface area contributed by atoms with E-state index in [1.165, 1.54) is 20.2 Å². The van der Waals surface area contributed by atoms with Crippen LogP contribution in [0.2, 0.25) is 0 Å². The Morgan fingerprint density at radius 2 is 1.38 bits per heavy atom. The van der Waals surface area contributed by atoms with Crippen molar-refractivity contribution < 1.29 is 10.0 Å². The molecule has 0 atom stereocenters. The van der Waals surface area contributed by atoms with Gasteiger partial charge in [-0.25, -0.2) is 0 Å². The van der Waals surface area contributed by atoms with Crippen LogP contribution in [0, 0.1) is 0 Å². The standard InChI is InChI=1S/C24H16BNO2S/c27-25(28)15-12-13-21-19(14-15)16-6-1-3-9-20(16)26(21)22-10-5-8-18-17-7-2-4-11-23(17)29-24(18)22/h1-14,27-28H. The fourth-order valence-corrected chi connectivity index (χ4v) is 5.53. The normalized spacial score (nSPS) is 11.8. The summed E-state index contributed by atoms with van der Waals surface area (Å²) in [6.07, 6.45) is 0. The van der Waals surface area contributed by atoms with Crippen LogP contribution in [0.5, 0.6) is 0 Å². The summed E-state index contributed by atoms with van der Waals surface area (Å²) in [4.78, 5) is 0. The highest BCUT2D eigenvalue weighted by Gasteiger charge is 2.18. The van der Waals surface area contributed by atoms with Crippen molar-refractivity contribution in [1.29, 1.82) is 0 Å². The third kappa shape index (κ3) is 2.39. The Balaban J connectivity index is 1.78. The lowest BCUT2D eigenvalue weighted by Gasteiger charge is -2.09. The lowest BCUT2D eigenvalue weighted by Crippen LogP contribution is -2.29. The second kappa shape index (κ2) is 6.19. The van der Waals surface area contributed by atoms with Gasteiger partial charge in [0.05, 0.1) is 21.4 Å². The molecule has 0 unspecified atom stereocenters. The fourth-order valence-electron chi connectivity index (χ4n) is 4.32. The molecule has 0 aliphatic heterocycles. The van der Waals surface area contributed by atoms with E-state index in [-0.39, 0.29) is 0 Å². The van der Waals surface area contributed by atoms with E-state index in [0.717, 1.165) is 27.5 Å². The Bertz CT molecular complexity index is 1550. The molecule has 6 aromatic rings. The predicted octanol–water partition coefficient (Wildman–Crippen LogP) is 4.83. The van der Waals surface area contributed by atoms with Crippen LogP contribution in [0.1, 0.15) is 0 Å². The average molecular weight is 393 g/mol. The van der Waals surface area contributed by atoms with Crippen molar-refractivity contribution in [2.45, 2.75) is 0 Å². The molecule has 138 valence electrons. The lowest BCUT2D eigenvalue weighted by molar-refractivity contribution is 0.426. The van der Waals surface area contributed by atoms with E-state index in [2.05, 4.69) is 59.2 Å². The number of rotatable bonds is 2. The zero-order chi connectivity index (χ0) is 19.5. The van der Waals surface area contributed by atoms with Crippen LogP contribution in [0.4, 0.5) is 0 Å². The van der Waals surface area contributed by atoms with Crippen LogP contribution in [0.3, 0.4) is 0 Å². The summed E-state index contributed by atoms with van der Waals surface area (Å²) in [5.74, 6) is 0. The van der Waals surface area contributed by atoms with Gasteiger partial charge in [-0.2, -0.15) is 0 Å². The van der Waals surface area contributed by atoms with Crippen molar-refractivity contribution in [2.24, 2.45) is 0 Å². The molecule has 2 heterocycles. The number of thiophene rings is 1. The minimum absolute atomic E-state index is 0.500. The molecule has 0 saturated heterocycles. The quantitative estimate of drug-likeness (QED) is 0.414. The third-order valence-corrected chi connectivity index (χ3v) is 6.83. The Kier molecular flexibility index (Phi) is 3.59. The van der Waals surface area contributed by atoms with Gasteiger partial charge in [0.25, 0.3) is 0 Å². The summed E-state index contributed by atoms with van der Waals surface area (Å²) >= 11 is 1.81. The molecule has 0 saturated carbocycles. The third-order valence-electron chi connectivity index (χ3n) is 5.62. The van der Waals surface area contributed by atoms with E-state index >= 15 is 0 Å². The zero-order valence-corrected chi connectivity index (χ0v) is 16.2. The van der Waals surface area contributed by atoms with E-state index in [9.17, 15) is 10.0 Å². The van der Waals surface area contributed by atoms with Gasteiger partial charge in [0.2, 0.25) is 0 Å². The Morgan fingerprint density at radius 1 is 0.655 bits per heavy atom. The van der Waals surface area contributed by atoms with E-state index < -0.39 is 7.12 Å². The molecule has 2 N–H and O–H groups in total. The number of aromatic nitrogens is 1. The molecular weight excluding hydrogens is 377 g/mol. The summed E-state index contributed by atoms with van der Waals surface area (Å²) in [5.41, 5.74) is 3.81. The van der Waals surface area contributed by atoms with Crippen LogP contribution in [0.25, 0.3) is 47.7 Å². The second-order valence-corrected chi connectivity index (χ2v) is 8.31. The SMILES string of the molecule is OB(O)c1ccc2c(c1)c1ccccc1n2-c1cccc2c1sc1ccccc12. The second-order valence-electron chi connectivity index (χ2n) is 7.25. The minimum Gasteiger partial charge on any atom is -0.423 e. The largest absolute Gasteiger partial charge is 0.488 e. The van der Waals surface area contributed by atoms with Crippen LogP contribution in [0.15, 0.2) is 84.9 Å². The van der Waals surface area contributed by atoms with Gasteiger partial charge in [-0.3, -0.25) is 0 Å². The summed E-state index contributed by atoms with van der Waals surface area (Å²) in [5, 5.41) is 24.0. The molecule has 0 spiro atoms. The molecular formula is C24H16BNO2S. The van der Waals surface area contributed by atoms with E-state index in [1.807, 2.05) is 35.6 Å². The van der Waals surface area contributed by atoms with Crippen LogP contribution in [-0.2, 0) is 0 Å². The number of benzene rings is 4. The molecule has 0 bridgehead atoms. The fraction of sp³-hybridized carbons (Fsp3) is 0. The Labute approximate surface area is 171 Å². The molecule has 5 heteroatoms. The van der Waals surface area contributed by atoms with Crippen molar-refractivity contribution >= 4 is 65.9 Å². The van der Waals surface area contributed by atoms with Crippen molar-refractivity contribution in [2.75, 3.05) is 0 Å². The predicted molar refractivity (Wildman–Crippen MR) is 123 cm³/mol. The topological polar surface area (TPSA) is 45.4 Å². The highest BCUT2D eigenvalue weighted by atomic mass is 32.1. The number of hydrogen-bond acceptors (Lipinski definition) is 3. The highest BCUT2D eigenvalue weighted by Crippen LogP contribution is 2.40. The maximum absolute atomic E-state index is 9.65. The van der Waals surface area contributed by atoms with Gasteiger partial charge in [0.15, 0.2) is 0 Å². The smallest absolute Gasteiger partial charge is 0.423 e. The monoisotopic (exact) mass is 393 g/mol. The Morgan fingerprint density at radius 3 is 2.24 bits per heavy atom. The average Bonchev–Trinajstić information content (AvgIpc) is 3.29. The molecule has 0 radical (unpaired) electrons. The molecule has 3 nitrogen and oxygen atoms in total. The van der Waals surface area contributed by atoms with E-state index in [0.29, 0.717) is 5.46 Å². The highest BCUT2D eigenvalue weighted by molar-refractivity contribution is 7.26. The number of hydrogen-bond donors (Lipinski definition) is 2. The maximum atomic E-state index is 9.65. The molecule has 0 aliphatic carbocycles. The van der Waals surface area contributed by atoms with Gasteiger partial charge >= 0.3 is 7.12 Å². The van der Waals surface area contributed by atoms with Crippen molar-refractivity contribution in [1.82, 2.24) is 4.57 Å². The van der Waals surface area contributed by atoms with Crippen LogP contribution < -0.4 is 5.46 Å². The summed E-state index contributed by atoms with van der Waals surface area (Å²) < 4.78 is 4.82. The van der Waals surface area contributed by atoms with Crippen molar-refractivity contribution in [3.05, 3.63) is 84.9 Å². The molecule has 4 aromatic carbocycles. The van der Waals surface area contributed by atoms with Gasteiger partial charge in [0.1, 0.15) is 0 Å². The van der Waals surface area contributed by atoms with Gasteiger partial charge < -0.3 is 14.6 Å². The summed E-state index contributed by atoms with van der Waals surface area (Å²) in [6, 6.07) is 28.9. The first-order chi connectivity index (χ1) is 14.2. The van der Waals surface area contributed by atoms with Crippen molar-refractivity contribution in [3.8, 4) is 5.69 Å². The number of fused-ring (bicyclic) bond motifs is 6. The summed E-state index contributed by atoms with van der Waals surface area (Å²) in [6.45, 7) is 0. The first-order valence-electron chi connectivity index (χ1n) is 9.52. The molecule has 6 rings (SSSR count). The lowest BCUT2D eigenvalue weighted by atomic mass is 9.80. The zero-order valence-electron chi connectivity index (χ0n) is 15.4. The van der Waals surface area contributed by atoms with Gasteiger partial charge in [0, 0.05) is 26.2 Å².